The average molecular weight is 255 g/mol. The SMILES string of the molecule is c1ccc(CC2CN(c3ccccc3)CS2)cc1. The van der Waals surface area contributed by atoms with Crippen molar-refractivity contribution in [2.24, 2.45) is 0 Å². The zero-order valence-electron chi connectivity index (χ0n) is 10.3. The minimum absolute atomic E-state index is 0.715. The van der Waals surface area contributed by atoms with Crippen molar-refractivity contribution in [1.82, 2.24) is 0 Å². The normalized spacial score (nSPS) is 19.1. The fourth-order valence-electron chi connectivity index (χ4n) is 2.37. The van der Waals surface area contributed by atoms with Crippen molar-refractivity contribution in [2.45, 2.75) is 11.7 Å². The summed E-state index contributed by atoms with van der Waals surface area (Å²) in [4.78, 5) is 2.47. The van der Waals surface area contributed by atoms with Gasteiger partial charge in [0.15, 0.2) is 0 Å². The Morgan fingerprint density at radius 3 is 2.33 bits per heavy atom. The topological polar surface area (TPSA) is 3.24 Å². The van der Waals surface area contributed by atoms with Crippen LogP contribution in [0.1, 0.15) is 5.56 Å². The fraction of sp³-hybridized carbons (Fsp3) is 0.250. The molecule has 1 heterocycles. The van der Waals surface area contributed by atoms with Crippen LogP contribution in [0, 0.1) is 0 Å². The summed E-state index contributed by atoms with van der Waals surface area (Å²) in [6, 6.07) is 21.5. The van der Waals surface area contributed by atoms with Gasteiger partial charge in [-0.25, -0.2) is 0 Å². The van der Waals surface area contributed by atoms with Crippen molar-refractivity contribution in [3.63, 3.8) is 0 Å². The Labute approximate surface area is 113 Å². The molecule has 1 saturated heterocycles. The quantitative estimate of drug-likeness (QED) is 0.820. The van der Waals surface area contributed by atoms with Gasteiger partial charge in [-0.15, -0.1) is 11.8 Å². The molecule has 2 aromatic carbocycles. The lowest BCUT2D eigenvalue weighted by Crippen LogP contribution is -2.22. The zero-order valence-corrected chi connectivity index (χ0v) is 11.1. The Balaban J connectivity index is 1.62. The third-order valence-corrected chi connectivity index (χ3v) is 4.57. The molecule has 1 aliphatic rings. The second-order valence-electron chi connectivity index (χ2n) is 4.67. The highest BCUT2D eigenvalue weighted by atomic mass is 32.2. The number of nitrogens with zero attached hydrogens (tertiary/aromatic N) is 1. The first kappa shape index (κ1) is 11.7. The molecule has 0 N–H and O–H groups in total. The Morgan fingerprint density at radius 2 is 1.61 bits per heavy atom. The fourth-order valence-corrected chi connectivity index (χ4v) is 3.61. The van der Waals surface area contributed by atoms with Gasteiger partial charge in [0, 0.05) is 17.5 Å². The molecule has 1 unspecified atom stereocenters. The summed E-state index contributed by atoms with van der Waals surface area (Å²) < 4.78 is 0. The molecule has 0 bridgehead atoms. The van der Waals surface area contributed by atoms with E-state index in [1.807, 2.05) is 0 Å². The van der Waals surface area contributed by atoms with Gasteiger partial charge in [-0.05, 0) is 24.1 Å². The molecular formula is C16H17NS. The molecule has 2 heteroatoms. The molecule has 0 aliphatic carbocycles. The lowest BCUT2D eigenvalue weighted by atomic mass is 10.1. The van der Waals surface area contributed by atoms with Gasteiger partial charge in [-0.2, -0.15) is 0 Å². The second-order valence-corrected chi connectivity index (χ2v) is 5.92. The maximum atomic E-state index is 2.47. The van der Waals surface area contributed by atoms with Gasteiger partial charge >= 0.3 is 0 Å². The van der Waals surface area contributed by atoms with E-state index in [1.54, 1.807) is 0 Å². The zero-order chi connectivity index (χ0) is 12.2. The van der Waals surface area contributed by atoms with Crippen LogP contribution in [-0.4, -0.2) is 17.7 Å². The summed E-state index contributed by atoms with van der Waals surface area (Å²) in [6.07, 6.45) is 1.18. The van der Waals surface area contributed by atoms with E-state index in [0.717, 1.165) is 12.4 Å². The Kier molecular flexibility index (Phi) is 3.56. The number of hydrogen-bond acceptors (Lipinski definition) is 2. The summed E-state index contributed by atoms with van der Waals surface area (Å²) in [5.41, 5.74) is 2.80. The first-order valence-corrected chi connectivity index (χ1v) is 7.42. The molecular weight excluding hydrogens is 238 g/mol. The van der Waals surface area contributed by atoms with Crippen molar-refractivity contribution in [3.8, 4) is 0 Å². The molecule has 0 aromatic heterocycles. The van der Waals surface area contributed by atoms with Crippen LogP contribution in [0.3, 0.4) is 0 Å². The van der Waals surface area contributed by atoms with Crippen molar-refractivity contribution < 1.29 is 0 Å². The molecule has 18 heavy (non-hydrogen) atoms. The van der Waals surface area contributed by atoms with E-state index in [4.69, 9.17) is 0 Å². The van der Waals surface area contributed by atoms with Gasteiger partial charge in [0.2, 0.25) is 0 Å². The second kappa shape index (κ2) is 5.49. The van der Waals surface area contributed by atoms with Gasteiger partial charge < -0.3 is 4.90 Å². The molecule has 0 amide bonds. The minimum Gasteiger partial charge on any atom is -0.361 e. The van der Waals surface area contributed by atoms with Crippen LogP contribution in [0.2, 0.25) is 0 Å². The lowest BCUT2D eigenvalue weighted by Gasteiger charge is -2.17. The molecule has 0 saturated carbocycles. The molecule has 92 valence electrons. The van der Waals surface area contributed by atoms with Gasteiger partial charge in [0.1, 0.15) is 0 Å². The van der Waals surface area contributed by atoms with Crippen LogP contribution in [0.25, 0.3) is 0 Å². The Morgan fingerprint density at radius 1 is 0.944 bits per heavy atom. The van der Waals surface area contributed by atoms with E-state index in [9.17, 15) is 0 Å². The number of thioether (sulfide) groups is 1. The molecule has 1 atom stereocenters. The summed E-state index contributed by atoms with van der Waals surface area (Å²) in [7, 11) is 0. The van der Waals surface area contributed by atoms with Crippen molar-refractivity contribution in [1.29, 1.82) is 0 Å². The van der Waals surface area contributed by atoms with E-state index in [1.165, 1.54) is 17.7 Å². The monoisotopic (exact) mass is 255 g/mol. The van der Waals surface area contributed by atoms with Crippen LogP contribution in [0.4, 0.5) is 5.69 Å². The minimum atomic E-state index is 0.715. The summed E-state index contributed by atoms with van der Waals surface area (Å²) in [5.74, 6) is 1.11. The van der Waals surface area contributed by atoms with Gasteiger partial charge in [-0.3, -0.25) is 0 Å². The van der Waals surface area contributed by atoms with Crippen molar-refractivity contribution in [2.75, 3.05) is 17.3 Å². The highest BCUT2D eigenvalue weighted by Crippen LogP contribution is 2.29. The van der Waals surface area contributed by atoms with Gasteiger partial charge in [0.25, 0.3) is 0 Å². The van der Waals surface area contributed by atoms with Crippen LogP contribution >= 0.6 is 11.8 Å². The highest BCUT2D eigenvalue weighted by molar-refractivity contribution is 8.00. The predicted octanol–water partition coefficient (Wildman–Crippen LogP) is 3.81. The molecule has 1 aliphatic heterocycles. The first-order chi connectivity index (χ1) is 8.92. The van der Waals surface area contributed by atoms with E-state index in [-0.39, 0.29) is 0 Å². The van der Waals surface area contributed by atoms with Crippen LogP contribution in [0.5, 0.6) is 0 Å². The molecule has 3 rings (SSSR count). The predicted molar refractivity (Wildman–Crippen MR) is 80.2 cm³/mol. The van der Waals surface area contributed by atoms with Gasteiger partial charge in [0.05, 0.1) is 5.88 Å². The number of rotatable bonds is 3. The molecule has 0 spiro atoms. The molecule has 1 nitrogen and oxygen atoms in total. The van der Waals surface area contributed by atoms with Crippen LogP contribution in [-0.2, 0) is 6.42 Å². The number of anilines is 1. The smallest absolute Gasteiger partial charge is 0.0643 e. The van der Waals surface area contributed by atoms with Crippen LogP contribution < -0.4 is 4.90 Å². The summed E-state index contributed by atoms with van der Waals surface area (Å²) in [5, 5.41) is 0.715. The summed E-state index contributed by atoms with van der Waals surface area (Å²) >= 11 is 2.07. The molecule has 2 aromatic rings. The highest BCUT2D eigenvalue weighted by Gasteiger charge is 2.23. The Bertz CT molecular complexity index is 483. The first-order valence-electron chi connectivity index (χ1n) is 6.37. The third-order valence-electron chi connectivity index (χ3n) is 3.32. The standard InChI is InChI=1S/C16H17NS/c1-3-7-14(8-4-1)11-16-12-17(13-18-16)15-9-5-2-6-10-15/h1-10,16H,11-13H2. The average Bonchev–Trinajstić information content (AvgIpc) is 2.89. The maximum Gasteiger partial charge on any atom is 0.0643 e. The largest absolute Gasteiger partial charge is 0.361 e. The number of benzene rings is 2. The molecule has 1 fully saturated rings. The van der Waals surface area contributed by atoms with E-state index in [2.05, 4.69) is 77.3 Å². The summed E-state index contributed by atoms with van der Waals surface area (Å²) in [6.45, 7) is 1.16. The number of para-hydroxylation sites is 1. The van der Waals surface area contributed by atoms with Gasteiger partial charge in [-0.1, -0.05) is 48.5 Å². The third kappa shape index (κ3) is 2.70. The Hall–Kier alpha value is -1.41. The van der Waals surface area contributed by atoms with Crippen molar-refractivity contribution in [3.05, 3.63) is 66.2 Å². The van der Waals surface area contributed by atoms with Crippen molar-refractivity contribution >= 4 is 17.4 Å². The lowest BCUT2D eigenvalue weighted by molar-refractivity contribution is 0.833. The number of hydrogen-bond donors (Lipinski definition) is 0. The van der Waals surface area contributed by atoms with Crippen LogP contribution in [0.15, 0.2) is 60.7 Å². The van der Waals surface area contributed by atoms with E-state index >= 15 is 0 Å². The van der Waals surface area contributed by atoms with E-state index < -0.39 is 0 Å². The molecule has 0 radical (unpaired) electrons. The van der Waals surface area contributed by atoms with E-state index in [0.29, 0.717) is 5.25 Å². The maximum absolute atomic E-state index is 2.47.